The molecule has 2 rings (SSSR count). The Morgan fingerprint density at radius 3 is 2.80 bits per heavy atom. The number of hydrogen-bond acceptors (Lipinski definition) is 3. The number of ether oxygens (including phenoxy) is 1. The van der Waals surface area contributed by atoms with E-state index < -0.39 is 5.82 Å². The van der Waals surface area contributed by atoms with Crippen molar-refractivity contribution in [2.24, 2.45) is 11.7 Å². The topological polar surface area (TPSA) is 64.3 Å². The zero-order valence-corrected chi connectivity index (χ0v) is 11.9. The Morgan fingerprint density at radius 2 is 2.25 bits per heavy atom. The van der Waals surface area contributed by atoms with Gasteiger partial charge in [-0.25, -0.2) is 4.39 Å². The lowest BCUT2D eigenvalue weighted by Crippen LogP contribution is -2.34. The largest absolute Gasteiger partial charge is 0.494 e. The van der Waals surface area contributed by atoms with E-state index in [9.17, 15) is 9.18 Å². The summed E-state index contributed by atoms with van der Waals surface area (Å²) in [6, 6.07) is 4.37. The van der Waals surface area contributed by atoms with Crippen molar-refractivity contribution in [1.82, 2.24) is 5.32 Å². The Hall–Kier alpha value is -1.62. The minimum absolute atomic E-state index is 0.0604. The average molecular weight is 280 g/mol. The molecule has 20 heavy (non-hydrogen) atoms. The van der Waals surface area contributed by atoms with Crippen molar-refractivity contribution in [3.05, 3.63) is 29.6 Å². The number of hydrogen-bond donors (Lipinski definition) is 2. The van der Waals surface area contributed by atoms with Gasteiger partial charge in [-0.15, -0.1) is 0 Å². The molecule has 0 bridgehead atoms. The number of nitrogens with two attached hydrogens (primary N) is 1. The predicted molar refractivity (Wildman–Crippen MR) is 74.8 cm³/mol. The van der Waals surface area contributed by atoms with Crippen LogP contribution in [0.5, 0.6) is 5.75 Å². The van der Waals surface area contributed by atoms with Crippen molar-refractivity contribution in [3.63, 3.8) is 0 Å². The second kappa shape index (κ2) is 6.22. The van der Waals surface area contributed by atoms with Crippen LogP contribution in [0.1, 0.15) is 37.8 Å². The average Bonchev–Trinajstić information content (AvgIpc) is 3.22. The number of carbonyl (C=O) groups excluding carboxylic acids is 1. The van der Waals surface area contributed by atoms with Crippen LogP contribution in [0.15, 0.2) is 18.2 Å². The van der Waals surface area contributed by atoms with Crippen LogP contribution >= 0.6 is 0 Å². The highest BCUT2D eigenvalue weighted by Crippen LogP contribution is 2.32. The molecule has 1 aliphatic carbocycles. The summed E-state index contributed by atoms with van der Waals surface area (Å²) in [5, 5.41) is 2.85. The SMILES string of the molecule is COc1ccc(C(C)NC(=O)CC(N)C2CC2)cc1F. The maximum atomic E-state index is 13.6. The molecule has 4 nitrogen and oxygen atoms in total. The van der Waals surface area contributed by atoms with E-state index in [1.54, 1.807) is 12.1 Å². The Morgan fingerprint density at radius 1 is 1.55 bits per heavy atom. The highest BCUT2D eigenvalue weighted by Gasteiger charge is 2.30. The first-order valence-electron chi connectivity index (χ1n) is 6.89. The van der Waals surface area contributed by atoms with E-state index in [2.05, 4.69) is 5.32 Å². The molecule has 0 spiro atoms. The van der Waals surface area contributed by atoms with E-state index in [4.69, 9.17) is 10.5 Å². The molecule has 110 valence electrons. The summed E-state index contributed by atoms with van der Waals surface area (Å²) in [7, 11) is 1.42. The van der Waals surface area contributed by atoms with Crippen molar-refractivity contribution in [2.75, 3.05) is 7.11 Å². The second-order valence-electron chi connectivity index (χ2n) is 5.39. The smallest absolute Gasteiger partial charge is 0.222 e. The molecule has 2 atom stereocenters. The molecule has 0 saturated heterocycles. The van der Waals surface area contributed by atoms with Gasteiger partial charge in [0.2, 0.25) is 5.91 Å². The van der Waals surface area contributed by atoms with E-state index in [-0.39, 0.29) is 23.7 Å². The molecular formula is C15H21FN2O2. The summed E-state index contributed by atoms with van der Waals surface area (Å²) in [5.74, 6) is 0.173. The minimum atomic E-state index is -0.430. The zero-order chi connectivity index (χ0) is 14.7. The maximum Gasteiger partial charge on any atom is 0.222 e. The van der Waals surface area contributed by atoms with Crippen LogP contribution in [0.2, 0.25) is 0 Å². The molecule has 2 unspecified atom stereocenters. The Kier molecular flexibility index (Phi) is 4.60. The third kappa shape index (κ3) is 3.70. The predicted octanol–water partition coefficient (Wildman–Crippen LogP) is 2.14. The monoisotopic (exact) mass is 280 g/mol. The molecule has 0 radical (unpaired) electrons. The molecule has 1 aromatic carbocycles. The molecule has 1 aromatic rings. The maximum absolute atomic E-state index is 13.6. The minimum Gasteiger partial charge on any atom is -0.494 e. The first-order chi connectivity index (χ1) is 9.51. The Balaban J connectivity index is 1.91. The van der Waals surface area contributed by atoms with Gasteiger partial charge < -0.3 is 15.8 Å². The summed E-state index contributed by atoms with van der Waals surface area (Å²) >= 11 is 0. The van der Waals surface area contributed by atoms with E-state index >= 15 is 0 Å². The van der Waals surface area contributed by atoms with Crippen LogP contribution in [-0.4, -0.2) is 19.1 Å². The molecule has 1 saturated carbocycles. The van der Waals surface area contributed by atoms with Crippen LogP contribution in [0.3, 0.4) is 0 Å². The van der Waals surface area contributed by atoms with Gasteiger partial charge in [-0.1, -0.05) is 6.07 Å². The summed E-state index contributed by atoms with van der Waals surface area (Å²) in [6.07, 6.45) is 2.56. The van der Waals surface area contributed by atoms with Gasteiger partial charge in [0.15, 0.2) is 11.6 Å². The van der Waals surface area contributed by atoms with E-state index in [0.717, 1.165) is 12.8 Å². The fourth-order valence-corrected chi connectivity index (χ4v) is 2.24. The van der Waals surface area contributed by atoms with E-state index in [0.29, 0.717) is 17.9 Å². The fraction of sp³-hybridized carbons (Fsp3) is 0.533. The third-order valence-electron chi connectivity index (χ3n) is 3.70. The van der Waals surface area contributed by atoms with Crippen LogP contribution in [0, 0.1) is 11.7 Å². The van der Waals surface area contributed by atoms with Crippen LogP contribution in [0.25, 0.3) is 0 Å². The van der Waals surface area contributed by atoms with Crippen LogP contribution in [0.4, 0.5) is 4.39 Å². The van der Waals surface area contributed by atoms with Gasteiger partial charge in [0.25, 0.3) is 0 Å². The molecule has 1 aliphatic rings. The van der Waals surface area contributed by atoms with Crippen molar-refractivity contribution in [1.29, 1.82) is 0 Å². The summed E-state index contributed by atoms with van der Waals surface area (Å²) in [6.45, 7) is 1.82. The molecule has 0 aliphatic heterocycles. The molecule has 1 fully saturated rings. The van der Waals surface area contributed by atoms with Gasteiger partial charge in [0.05, 0.1) is 13.2 Å². The lowest BCUT2D eigenvalue weighted by atomic mass is 10.1. The van der Waals surface area contributed by atoms with Gasteiger partial charge in [-0.2, -0.15) is 0 Å². The summed E-state index contributed by atoms with van der Waals surface area (Å²) in [4.78, 5) is 11.9. The lowest BCUT2D eigenvalue weighted by molar-refractivity contribution is -0.122. The van der Waals surface area contributed by atoms with E-state index in [1.807, 2.05) is 6.92 Å². The Bertz CT molecular complexity index is 489. The van der Waals surface area contributed by atoms with Crippen molar-refractivity contribution in [3.8, 4) is 5.75 Å². The first kappa shape index (κ1) is 14.8. The fourth-order valence-electron chi connectivity index (χ4n) is 2.24. The van der Waals surface area contributed by atoms with Gasteiger partial charge in [0, 0.05) is 12.5 Å². The zero-order valence-electron chi connectivity index (χ0n) is 11.9. The number of amides is 1. The molecular weight excluding hydrogens is 259 g/mol. The summed E-state index contributed by atoms with van der Waals surface area (Å²) in [5.41, 5.74) is 6.62. The quantitative estimate of drug-likeness (QED) is 0.839. The van der Waals surface area contributed by atoms with Gasteiger partial charge >= 0.3 is 0 Å². The van der Waals surface area contributed by atoms with Crippen molar-refractivity contribution in [2.45, 2.75) is 38.3 Å². The molecule has 1 amide bonds. The molecule has 3 N–H and O–H groups in total. The molecule has 5 heteroatoms. The highest BCUT2D eigenvalue weighted by atomic mass is 19.1. The van der Waals surface area contributed by atoms with Crippen LogP contribution < -0.4 is 15.8 Å². The standard InChI is InChI=1S/C15H21FN2O2/c1-9(11-5-6-14(20-2)12(16)7-11)18-15(19)8-13(17)10-3-4-10/h5-7,9-10,13H,3-4,8,17H2,1-2H3,(H,18,19). The lowest BCUT2D eigenvalue weighted by Gasteiger charge is -2.17. The normalized spacial score (nSPS) is 17.4. The Labute approximate surface area is 118 Å². The van der Waals surface area contributed by atoms with Crippen molar-refractivity contribution < 1.29 is 13.9 Å². The summed E-state index contributed by atoms with van der Waals surface area (Å²) < 4.78 is 18.5. The van der Waals surface area contributed by atoms with Crippen LogP contribution in [-0.2, 0) is 4.79 Å². The second-order valence-corrected chi connectivity index (χ2v) is 5.39. The number of nitrogens with one attached hydrogen (secondary N) is 1. The van der Waals surface area contributed by atoms with Gasteiger partial charge in [-0.3, -0.25) is 4.79 Å². The van der Waals surface area contributed by atoms with Crippen molar-refractivity contribution >= 4 is 5.91 Å². The third-order valence-corrected chi connectivity index (χ3v) is 3.70. The molecule has 0 aromatic heterocycles. The highest BCUT2D eigenvalue weighted by molar-refractivity contribution is 5.77. The number of benzene rings is 1. The number of rotatable bonds is 6. The molecule has 0 heterocycles. The van der Waals surface area contributed by atoms with Gasteiger partial charge in [0.1, 0.15) is 0 Å². The van der Waals surface area contributed by atoms with E-state index in [1.165, 1.54) is 13.2 Å². The van der Waals surface area contributed by atoms with Gasteiger partial charge in [-0.05, 0) is 43.4 Å². The number of carbonyl (C=O) groups is 1. The number of methoxy groups -OCH3 is 1. The first-order valence-corrected chi connectivity index (χ1v) is 6.89. The number of halogens is 1.